The van der Waals surface area contributed by atoms with E-state index in [4.69, 9.17) is 0 Å². The first-order valence-electron chi connectivity index (χ1n) is 7.05. The second kappa shape index (κ2) is 6.31. The molecule has 0 amide bonds. The van der Waals surface area contributed by atoms with Crippen LogP contribution in [0.1, 0.15) is 17.4 Å². The van der Waals surface area contributed by atoms with Gasteiger partial charge in [-0.2, -0.15) is 11.3 Å². The van der Waals surface area contributed by atoms with Gasteiger partial charge < -0.3 is 10.4 Å². The molecule has 1 unspecified atom stereocenters. The van der Waals surface area contributed by atoms with E-state index in [0.29, 0.717) is 23.1 Å². The standard InChI is InChI=1S/C16H15N3O3S/c1-10-7-13(17-8-15(20)11-5-6-23-9-11)12-3-2-4-14(19(21)22)16(12)18-10/h2-7,9,15,20H,8H2,1H3,(H,17,18). The summed E-state index contributed by atoms with van der Waals surface area (Å²) in [4.78, 5) is 15.0. The molecule has 6 nitrogen and oxygen atoms in total. The largest absolute Gasteiger partial charge is 0.387 e. The summed E-state index contributed by atoms with van der Waals surface area (Å²) in [5.74, 6) is 0. The van der Waals surface area contributed by atoms with Crippen molar-refractivity contribution in [2.45, 2.75) is 13.0 Å². The molecule has 1 atom stereocenters. The summed E-state index contributed by atoms with van der Waals surface area (Å²) in [6.45, 7) is 2.11. The van der Waals surface area contributed by atoms with Crippen LogP contribution in [0.3, 0.4) is 0 Å². The number of nitrogens with zero attached hydrogens (tertiary/aromatic N) is 2. The monoisotopic (exact) mass is 329 g/mol. The van der Waals surface area contributed by atoms with Gasteiger partial charge in [-0.3, -0.25) is 10.1 Å². The van der Waals surface area contributed by atoms with Crippen molar-refractivity contribution in [2.24, 2.45) is 0 Å². The van der Waals surface area contributed by atoms with Gasteiger partial charge in [0.05, 0.1) is 11.0 Å². The number of anilines is 1. The highest BCUT2D eigenvalue weighted by molar-refractivity contribution is 7.07. The van der Waals surface area contributed by atoms with Gasteiger partial charge in [-0.05, 0) is 35.4 Å². The average molecular weight is 329 g/mol. The van der Waals surface area contributed by atoms with Gasteiger partial charge >= 0.3 is 0 Å². The van der Waals surface area contributed by atoms with Crippen molar-refractivity contribution in [1.82, 2.24) is 4.98 Å². The van der Waals surface area contributed by atoms with Crippen LogP contribution in [0.4, 0.5) is 11.4 Å². The molecule has 0 aliphatic rings. The van der Waals surface area contributed by atoms with Crippen LogP contribution in [-0.4, -0.2) is 21.6 Å². The Balaban J connectivity index is 1.94. The van der Waals surface area contributed by atoms with Gasteiger partial charge in [-0.1, -0.05) is 12.1 Å². The number of nitro benzene ring substituents is 1. The number of nitro groups is 1. The quantitative estimate of drug-likeness (QED) is 0.551. The lowest BCUT2D eigenvalue weighted by molar-refractivity contribution is -0.383. The maximum absolute atomic E-state index is 11.2. The number of thiophene rings is 1. The number of hydrogen-bond donors (Lipinski definition) is 2. The average Bonchev–Trinajstić information content (AvgIpc) is 3.05. The Bertz CT molecular complexity index is 849. The number of hydrogen-bond acceptors (Lipinski definition) is 6. The third-order valence-corrected chi connectivity index (χ3v) is 4.26. The third kappa shape index (κ3) is 3.15. The van der Waals surface area contributed by atoms with Crippen LogP contribution < -0.4 is 5.32 Å². The van der Waals surface area contributed by atoms with Crippen molar-refractivity contribution in [3.8, 4) is 0 Å². The van der Waals surface area contributed by atoms with E-state index in [0.717, 1.165) is 11.3 Å². The van der Waals surface area contributed by atoms with Crippen LogP contribution in [0.5, 0.6) is 0 Å². The molecule has 3 aromatic rings. The molecule has 2 heterocycles. The summed E-state index contributed by atoms with van der Waals surface area (Å²) in [7, 11) is 0. The molecule has 3 rings (SSSR count). The molecule has 23 heavy (non-hydrogen) atoms. The van der Waals surface area contributed by atoms with Gasteiger partial charge in [0.15, 0.2) is 5.52 Å². The van der Waals surface area contributed by atoms with E-state index in [9.17, 15) is 15.2 Å². The third-order valence-electron chi connectivity index (χ3n) is 3.56. The van der Waals surface area contributed by atoms with Crippen LogP contribution in [0, 0.1) is 17.0 Å². The molecule has 118 valence electrons. The lowest BCUT2D eigenvalue weighted by Crippen LogP contribution is -2.12. The number of fused-ring (bicyclic) bond motifs is 1. The molecule has 0 fully saturated rings. The number of para-hydroxylation sites is 1. The molecule has 2 aromatic heterocycles. The zero-order valence-corrected chi connectivity index (χ0v) is 13.2. The maximum atomic E-state index is 11.2. The van der Waals surface area contributed by atoms with Crippen molar-refractivity contribution in [2.75, 3.05) is 11.9 Å². The van der Waals surface area contributed by atoms with Crippen LogP contribution >= 0.6 is 11.3 Å². The van der Waals surface area contributed by atoms with Crippen molar-refractivity contribution < 1.29 is 10.0 Å². The molecule has 0 aliphatic heterocycles. The molecule has 0 radical (unpaired) electrons. The Labute approximate surface area is 136 Å². The topological polar surface area (TPSA) is 88.3 Å². The lowest BCUT2D eigenvalue weighted by atomic mass is 10.1. The highest BCUT2D eigenvalue weighted by Gasteiger charge is 2.16. The number of nitrogens with one attached hydrogen (secondary N) is 1. The first kappa shape index (κ1) is 15.4. The Morgan fingerprint density at radius 2 is 2.26 bits per heavy atom. The summed E-state index contributed by atoms with van der Waals surface area (Å²) in [6.07, 6.45) is -0.636. The number of aromatic nitrogens is 1. The van der Waals surface area contributed by atoms with E-state index in [1.807, 2.05) is 22.9 Å². The van der Waals surface area contributed by atoms with Crippen LogP contribution in [0.2, 0.25) is 0 Å². The van der Waals surface area contributed by atoms with Crippen LogP contribution in [-0.2, 0) is 0 Å². The van der Waals surface area contributed by atoms with Crippen LogP contribution in [0.25, 0.3) is 10.9 Å². The highest BCUT2D eigenvalue weighted by atomic mass is 32.1. The number of pyridine rings is 1. The van der Waals surface area contributed by atoms with E-state index < -0.39 is 11.0 Å². The Morgan fingerprint density at radius 1 is 1.43 bits per heavy atom. The normalized spacial score (nSPS) is 12.3. The number of aryl methyl sites for hydroxylation is 1. The fraction of sp³-hybridized carbons (Fsp3) is 0.188. The maximum Gasteiger partial charge on any atom is 0.295 e. The second-order valence-electron chi connectivity index (χ2n) is 5.19. The van der Waals surface area contributed by atoms with Gasteiger partial charge in [0, 0.05) is 29.4 Å². The summed E-state index contributed by atoms with van der Waals surface area (Å²) < 4.78 is 0. The number of non-ortho nitro benzene ring substituents is 1. The number of aliphatic hydroxyl groups is 1. The molecule has 2 N–H and O–H groups in total. The summed E-state index contributed by atoms with van der Waals surface area (Å²) in [5, 5.41) is 29.0. The molecule has 0 aliphatic carbocycles. The predicted molar refractivity (Wildman–Crippen MR) is 90.9 cm³/mol. The van der Waals surface area contributed by atoms with E-state index in [2.05, 4.69) is 10.3 Å². The van der Waals surface area contributed by atoms with Crippen molar-refractivity contribution in [1.29, 1.82) is 0 Å². The zero-order chi connectivity index (χ0) is 16.4. The molecule has 0 bridgehead atoms. The van der Waals surface area contributed by atoms with Crippen LogP contribution in [0.15, 0.2) is 41.1 Å². The molecular weight excluding hydrogens is 314 g/mol. The summed E-state index contributed by atoms with van der Waals surface area (Å²) in [6, 6.07) is 8.56. The molecule has 0 saturated heterocycles. The van der Waals surface area contributed by atoms with Gasteiger partial charge in [-0.25, -0.2) is 4.98 Å². The number of benzene rings is 1. The van der Waals surface area contributed by atoms with Gasteiger partial charge in [0.25, 0.3) is 5.69 Å². The highest BCUT2D eigenvalue weighted by Crippen LogP contribution is 2.30. The van der Waals surface area contributed by atoms with Crippen molar-refractivity contribution in [3.63, 3.8) is 0 Å². The lowest BCUT2D eigenvalue weighted by Gasteiger charge is -2.14. The molecule has 0 spiro atoms. The Morgan fingerprint density at radius 3 is 2.96 bits per heavy atom. The predicted octanol–water partition coefficient (Wildman–Crippen LogP) is 3.66. The van der Waals surface area contributed by atoms with E-state index in [1.165, 1.54) is 17.4 Å². The fourth-order valence-electron chi connectivity index (χ4n) is 2.44. The minimum atomic E-state index is -0.636. The van der Waals surface area contributed by atoms with E-state index >= 15 is 0 Å². The minimum absolute atomic E-state index is 0.0207. The first-order valence-corrected chi connectivity index (χ1v) is 7.99. The fourth-order valence-corrected chi connectivity index (χ4v) is 3.15. The summed E-state index contributed by atoms with van der Waals surface area (Å²) in [5.41, 5.74) is 2.59. The SMILES string of the molecule is Cc1cc(NCC(O)c2ccsc2)c2cccc([N+](=O)[O-])c2n1. The Kier molecular flexibility index (Phi) is 4.22. The summed E-state index contributed by atoms with van der Waals surface area (Å²) >= 11 is 1.53. The smallest absolute Gasteiger partial charge is 0.295 e. The van der Waals surface area contributed by atoms with E-state index in [1.54, 1.807) is 19.1 Å². The van der Waals surface area contributed by atoms with Gasteiger partial charge in [0.1, 0.15) is 0 Å². The van der Waals surface area contributed by atoms with Crippen molar-refractivity contribution >= 4 is 33.6 Å². The number of rotatable bonds is 5. The number of aliphatic hydroxyl groups excluding tert-OH is 1. The first-order chi connectivity index (χ1) is 11.1. The zero-order valence-electron chi connectivity index (χ0n) is 12.4. The molecule has 7 heteroatoms. The second-order valence-corrected chi connectivity index (χ2v) is 5.98. The molecule has 1 aromatic carbocycles. The van der Waals surface area contributed by atoms with Gasteiger partial charge in [0.2, 0.25) is 0 Å². The molecular formula is C16H15N3O3S. The molecule has 0 saturated carbocycles. The van der Waals surface area contributed by atoms with Gasteiger partial charge in [-0.15, -0.1) is 0 Å². The Hall–Kier alpha value is -2.51. The minimum Gasteiger partial charge on any atom is -0.387 e. The van der Waals surface area contributed by atoms with Crippen molar-refractivity contribution in [3.05, 3.63) is 62.5 Å². The van der Waals surface area contributed by atoms with E-state index in [-0.39, 0.29) is 5.69 Å².